The van der Waals surface area contributed by atoms with Crippen molar-refractivity contribution >= 4 is 21.7 Å². The Morgan fingerprint density at radius 3 is 2.53 bits per heavy atom. The summed E-state index contributed by atoms with van der Waals surface area (Å²) in [6, 6.07) is 0. The summed E-state index contributed by atoms with van der Waals surface area (Å²) < 4.78 is 1.04. The van der Waals surface area contributed by atoms with Gasteiger partial charge in [0.25, 0.3) is 0 Å². The van der Waals surface area contributed by atoms with E-state index in [-0.39, 0.29) is 0 Å². The summed E-state index contributed by atoms with van der Waals surface area (Å²) in [7, 11) is 0. The van der Waals surface area contributed by atoms with Crippen molar-refractivity contribution in [1.82, 2.24) is 9.97 Å². The Labute approximate surface area is 124 Å². The monoisotopic (exact) mass is 325 g/mol. The standard InChI is InChI=1S/C15H24BrN3/c1-4-9-17-15-12(16)13(10(2)3)18-14(19-15)11-7-5-6-8-11/h10-11H,4-9H2,1-3H3,(H,17,18,19). The highest BCUT2D eigenvalue weighted by atomic mass is 79.9. The van der Waals surface area contributed by atoms with E-state index in [4.69, 9.17) is 9.97 Å². The smallest absolute Gasteiger partial charge is 0.144 e. The van der Waals surface area contributed by atoms with Gasteiger partial charge in [-0.05, 0) is 41.1 Å². The molecule has 0 amide bonds. The predicted molar refractivity (Wildman–Crippen MR) is 83.8 cm³/mol. The minimum absolute atomic E-state index is 0.416. The average molecular weight is 326 g/mol. The Kier molecular flexibility index (Phi) is 5.20. The number of nitrogens with one attached hydrogen (secondary N) is 1. The largest absolute Gasteiger partial charge is 0.369 e. The summed E-state index contributed by atoms with van der Waals surface area (Å²) in [5, 5.41) is 3.42. The summed E-state index contributed by atoms with van der Waals surface area (Å²) in [6.07, 6.45) is 6.22. The Bertz CT molecular complexity index is 426. The second kappa shape index (κ2) is 6.69. The van der Waals surface area contributed by atoms with Crippen molar-refractivity contribution in [2.45, 2.75) is 64.7 Å². The Hall–Kier alpha value is -0.640. The summed E-state index contributed by atoms with van der Waals surface area (Å²) in [5.41, 5.74) is 1.13. The van der Waals surface area contributed by atoms with E-state index in [0.29, 0.717) is 11.8 Å². The van der Waals surface area contributed by atoms with E-state index < -0.39 is 0 Å². The van der Waals surface area contributed by atoms with Gasteiger partial charge in [0.1, 0.15) is 11.6 Å². The number of nitrogens with zero attached hydrogens (tertiary/aromatic N) is 2. The maximum absolute atomic E-state index is 4.82. The van der Waals surface area contributed by atoms with Crippen molar-refractivity contribution in [3.05, 3.63) is 16.0 Å². The molecule has 1 aliphatic rings. The molecule has 0 atom stereocenters. The third-order valence-corrected chi connectivity index (χ3v) is 4.49. The molecule has 0 aromatic carbocycles. The molecule has 0 spiro atoms. The van der Waals surface area contributed by atoms with Crippen LogP contribution in [0.2, 0.25) is 0 Å². The number of hydrogen-bond acceptors (Lipinski definition) is 3. The number of halogens is 1. The molecule has 1 aromatic heterocycles. The van der Waals surface area contributed by atoms with Crippen LogP contribution in [0.4, 0.5) is 5.82 Å². The SMILES string of the molecule is CCCNc1nc(C2CCCC2)nc(C(C)C)c1Br. The highest BCUT2D eigenvalue weighted by Gasteiger charge is 2.23. The normalized spacial score (nSPS) is 16.3. The van der Waals surface area contributed by atoms with Crippen LogP contribution < -0.4 is 5.32 Å². The van der Waals surface area contributed by atoms with Crippen LogP contribution in [0.15, 0.2) is 4.47 Å². The van der Waals surface area contributed by atoms with E-state index in [2.05, 4.69) is 42.0 Å². The lowest BCUT2D eigenvalue weighted by molar-refractivity contribution is 0.651. The zero-order chi connectivity index (χ0) is 13.8. The van der Waals surface area contributed by atoms with Gasteiger partial charge in [-0.3, -0.25) is 0 Å². The first-order valence-corrected chi connectivity index (χ1v) is 8.24. The van der Waals surface area contributed by atoms with Gasteiger partial charge in [-0.2, -0.15) is 0 Å². The molecule has 0 unspecified atom stereocenters. The van der Waals surface area contributed by atoms with Crippen LogP contribution >= 0.6 is 15.9 Å². The van der Waals surface area contributed by atoms with Crippen molar-refractivity contribution in [2.24, 2.45) is 0 Å². The lowest BCUT2D eigenvalue weighted by Gasteiger charge is -2.17. The van der Waals surface area contributed by atoms with Crippen LogP contribution in [0.3, 0.4) is 0 Å². The fourth-order valence-electron chi connectivity index (χ4n) is 2.59. The second-order valence-electron chi connectivity index (χ2n) is 5.69. The minimum atomic E-state index is 0.416. The molecule has 0 aliphatic heterocycles. The molecule has 0 radical (unpaired) electrons. The van der Waals surface area contributed by atoms with Crippen molar-refractivity contribution < 1.29 is 0 Å². The first-order valence-electron chi connectivity index (χ1n) is 7.44. The van der Waals surface area contributed by atoms with E-state index in [1.54, 1.807) is 0 Å². The van der Waals surface area contributed by atoms with E-state index in [1.807, 2.05) is 0 Å². The van der Waals surface area contributed by atoms with Crippen molar-refractivity contribution in [3.63, 3.8) is 0 Å². The van der Waals surface area contributed by atoms with Crippen LogP contribution in [0.1, 0.15) is 76.2 Å². The highest BCUT2D eigenvalue weighted by molar-refractivity contribution is 9.10. The third-order valence-electron chi connectivity index (χ3n) is 3.70. The Morgan fingerprint density at radius 2 is 1.95 bits per heavy atom. The number of hydrogen-bond donors (Lipinski definition) is 1. The maximum Gasteiger partial charge on any atom is 0.144 e. The van der Waals surface area contributed by atoms with Crippen molar-refractivity contribution in [2.75, 3.05) is 11.9 Å². The van der Waals surface area contributed by atoms with Gasteiger partial charge in [0.2, 0.25) is 0 Å². The zero-order valence-electron chi connectivity index (χ0n) is 12.2. The first kappa shape index (κ1) is 14.8. The van der Waals surface area contributed by atoms with Crippen LogP contribution in [0.25, 0.3) is 0 Å². The quantitative estimate of drug-likeness (QED) is 0.841. The van der Waals surface area contributed by atoms with E-state index in [9.17, 15) is 0 Å². The lowest BCUT2D eigenvalue weighted by atomic mass is 10.1. The van der Waals surface area contributed by atoms with Gasteiger partial charge < -0.3 is 5.32 Å². The number of rotatable bonds is 5. The summed E-state index contributed by atoms with van der Waals surface area (Å²) >= 11 is 3.67. The van der Waals surface area contributed by atoms with Gasteiger partial charge in [-0.25, -0.2) is 9.97 Å². The molecule has 1 aliphatic carbocycles. The van der Waals surface area contributed by atoms with E-state index in [0.717, 1.165) is 34.8 Å². The van der Waals surface area contributed by atoms with Gasteiger partial charge in [0.15, 0.2) is 0 Å². The first-order chi connectivity index (χ1) is 9.13. The predicted octanol–water partition coefficient (Wildman–Crippen LogP) is 4.84. The van der Waals surface area contributed by atoms with Crippen LogP contribution in [-0.4, -0.2) is 16.5 Å². The molecular formula is C15H24BrN3. The van der Waals surface area contributed by atoms with E-state index in [1.165, 1.54) is 25.7 Å². The number of aromatic nitrogens is 2. The highest BCUT2D eigenvalue weighted by Crippen LogP contribution is 2.36. The third kappa shape index (κ3) is 3.47. The molecule has 3 nitrogen and oxygen atoms in total. The van der Waals surface area contributed by atoms with Crippen LogP contribution in [0, 0.1) is 0 Å². The van der Waals surface area contributed by atoms with Gasteiger partial charge >= 0.3 is 0 Å². The molecule has 2 rings (SSSR count). The molecule has 0 bridgehead atoms. The van der Waals surface area contributed by atoms with Gasteiger partial charge in [-0.1, -0.05) is 33.6 Å². The molecule has 1 fully saturated rings. The Balaban J connectivity index is 2.35. The molecule has 1 saturated carbocycles. The lowest BCUT2D eigenvalue weighted by Crippen LogP contribution is -2.11. The summed E-state index contributed by atoms with van der Waals surface area (Å²) in [6.45, 7) is 7.50. The molecule has 1 heterocycles. The van der Waals surface area contributed by atoms with Crippen molar-refractivity contribution in [1.29, 1.82) is 0 Å². The van der Waals surface area contributed by atoms with Gasteiger partial charge in [0.05, 0.1) is 10.2 Å². The van der Waals surface area contributed by atoms with E-state index >= 15 is 0 Å². The molecule has 1 aromatic rings. The molecule has 106 valence electrons. The molecule has 19 heavy (non-hydrogen) atoms. The van der Waals surface area contributed by atoms with Gasteiger partial charge in [-0.15, -0.1) is 0 Å². The Morgan fingerprint density at radius 1 is 1.26 bits per heavy atom. The fourth-order valence-corrected chi connectivity index (χ4v) is 3.37. The summed E-state index contributed by atoms with van der Waals surface area (Å²) in [4.78, 5) is 9.59. The topological polar surface area (TPSA) is 37.8 Å². The molecular weight excluding hydrogens is 302 g/mol. The molecule has 0 saturated heterocycles. The molecule has 4 heteroatoms. The average Bonchev–Trinajstić information content (AvgIpc) is 2.91. The van der Waals surface area contributed by atoms with Gasteiger partial charge in [0, 0.05) is 12.5 Å². The zero-order valence-corrected chi connectivity index (χ0v) is 13.8. The minimum Gasteiger partial charge on any atom is -0.369 e. The fraction of sp³-hybridized carbons (Fsp3) is 0.733. The van der Waals surface area contributed by atoms with Crippen molar-refractivity contribution in [3.8, 4) is 0 Å². The van der Waals surface area contributed by atoms with Crippen LogP contribution in [-0.2, 0) is 0 Å². The number of anilines is 1. The maximum atomic E-state index is 4.82. The molecule has 1 N–H and O–H groups in total. The van der Waals surface area contributed by atoms with Crippen LogP contribution in [0.5, 0.6) is 0 Å². The summed E-state index contributed by atoms with van der Waals surface area (Å²) in [5.74, 6) is 3.00. The second-order valence-corrected chi connectivity index (χ2v) is 6.49.